The number of rotatable bonds is 4. The van der Waals surface area contributed by atoms with Gasteiger partial charge in [0.05, 0.1) is 22.4 Å². The third-order valence-corrected chi connectivity index (χ3v) is 4.85. The monoisotopic (exact) mass is 327 g/mol. The Kier molecular flexibility index (Phi) is 4.60. The molecule has 1 aliphatic heterocycles. The maximum Gasteiger partial charge on any atom is 0.239 e. The van der Waals surface area contributed by atoms with E-state index in [1.54, 1.807) is 13.8 Å². The van der Waals surface area contributed by atoms with Crippen LogP contribution in [-0.4, -0.2) is 59.4 Å². The van der Waals surface area contributed by atoms with Crippen molar-refractivity contribution in [1.29, 1.82) is 0 Å². The Morgan fingerprint density at radius 2 is 2.12 bits per heavy atom. The molecule has 0 aromatic rings. The summed E-state index contributed by atoms with van der Waals surface area (Å²) in [6.07, 6.45) is 0.456. The van der Waals surface area contributed by atoms with Crippen molar-refractivity contribution in [2.45, 2.75) is 30.6 Å². The van der Waals surface area contributed by atoms with Crippen molar-refractivity contribution in [3.05, 3.63) is 0 Å². The molecule has 17 heavy (non-hydrogen) atoms. The van der Waals surface area contributed by atoms with Crippen LogP contribution in [0.1, 0.15) is 20.3 Å². The van der Waals surface area contributed by atoms with E-state index in [1.807, 2.05) is 0 Å². The molecule has 1 rings (SSSR count). The van der Waals surface area contributed by atoms with Gasteiger partial charge in [-0.05, 0) is 20.3 Å². The van der Waals surface area contributed by atoms with Crippen LogP contribution in [0.15, 0.2) is 0 Å². The largest absolute Gasteiger partial charge is 0.395 e. The van der Waals surface area contributed by atoms with Gasteiger partial charge >= 0.3 is 0 Å². The molecule has 1 N–H and O–H groups in total. The normalized spacial score (nSPS) is 23.6. The van der Waals surface area contributed by atoms with Crippen LogP contribution >= 0.6 is 15.9 Å². The molecular weight excluding hydrogens is 310 g/mol. The van der Waals surface area contributed by atoms with E-state index < -0.39 is 14.2 Å². The van der Waals surface area contributed by atoms with Crippen LogP contribution in [-0.2, 0) is 14.6 Å². The van der Waals surface area contributed by atoms with Gasteiger partial charge in [-0.15, -0.1) is 0 Å². The molecule has 0 aromatic carbocycles. The first-order chi connectivity index (χ1) is 7.67. The lowest BCUT2D eigenvalue weighted by molar-refractivity contribution is -0.135. The van der Waals surface area contributed by atoms with Crippen LogP contribution in [0, 0.1) is 0 Å². The van der Waals surface area contributed by atoms with Gasteiger partial charge < -0.3 is 10.0 Å². The number of hydrogen-bond acceptors (Lipinski definition) is 4. The Bertz CT molecular complexity index is 388. The number of aliphatic hydroxyl groups excluding tert-OH is 1. The number of hydrogen-bond donors (Lipinski definition) is 1. The van der Waals surface area contributed by atoms with Crippen LogP contribution < -0.4 is 0 Å². The van der Waals surface area contributed by atoms with Gasteiger partial charge in [0, 0.05) is 12.6 Å². The molecule has 5 nitrogen and oxygen atoms in total. The average Bonchev–Trinajstić information content (AvgIpc) is 2.52. The van der Waals surface area contributed by atoms with E-state index >= 15 is 0 Å². The molecule has 7 heteroatoms. The van der Waals surface area contributed by atoms with Gasteiger partial charge in [-0.25, -0.2) is 8.42 Å². The van der Waals surface area contributed by atoms with Crippen molar-refractivity contribution in [3.63, 3.8) is 0 Å². The molecule has 1 heterocycles. The van der Waals surface area contributed by atoms with Gasteiger partial charge in [-0.3, -0.25) is 4.79 Å². The van der Waals surface area contributed by atoms with Crippen molar-refractivity contribution in [1.82, 2.24) is 4.90 Å². The van der Waals surface area contributed by atoms with Crippen molar-refractivity contribution in [2.24, 2.45) is 0 Å². The Hall–Kier alpha value is -0.140. The Morgan fingerprint density at radius 1 is 1.53 bits per heavy atom. The smallest absolute Gasteiger partial charge is 0.239 e. The van der Waals surface area contributed by atoms with E-state index in [-0.39, 0.29) is 36.6 Å². The Balaban J connectivity index is 2.84. The summed E-state index contributed by atoms with van der Waals surface area (Å²) >= 11 is 3.27. The van der Waals surface area contributed by atoms with Gasteiger partial charge in [0.2, 0.25) is 5.91 Å². The molecule has 1 amide bonds. The molecule has 0 aromatic heterocycles. The highest BCUT2D eigenvalue weighted by atomic mass is 79.9. The molecule has 0 spiro atoms. The van der Waals surface area contributed by atoms with E-state index in [0.29, 0.717) is 6.42 Å². The summed E-state index contributed by atoms with van der Waals surface area (Å²) in [6, 6.07) is -0.309. The van der Waals surface area contributed by atoms with Gasteiger partial charge in [0.25, 0.3) is 0 Å². The third-order valence-electron chi connectivity index (χ3n) is 2.76. The quantitative estimate of drug-likeness (QED) is 0.747. The topological polar surface area (TPSA) is 74.7 Å². The van der Waals surface area contributed by atoms with Crippen molar-refractivity contribution >= 4 is 31.7 Å². The van der Waals surface area contributed by atoms with Crippen molar-refractivity contribution < 1.29 is 18.3 Å². The summed E-state index contributed by atoms with van der Waals surface area (Å²) in [6.45, 7) is 3.44. The number of sulfone groups is 1. The molecule has 1 fully saturated rings. The predicted octanol–water partition coefficient (Wildman–Crippen LogP) is 0.168. The Labute approximate surface area is 110 Å². The number of halogens is 1. The first-order valence-corrected chi connectivity index (χ1v) is 8.10. The van der Waals surface area contributed by atoms with E-state index in [9.17, 15) is 13.2 Å². The summed E-state index contributed by atoms with van der Waals surface area (Å²) in [5.41, 5.74) is 0. The summed E-state index contributed by atoms with van der Waals surface area (Å²) in [7, 11) is -3.03. The summed E-state index contributed by atoms with van der Waals surface area (Å²) in [5, 5.41) is 8.98. The van der Waals surface area contributed by atoms with Gasteiger partial charge in [-0.2, -0.15) is 0 Å². The van der Waals surface area contributed by atoms with Crippen LogP contribution in [0.3, 0.4) is 0 Å². The number of aliphatic hydroxyl groups is 1. The van der Waals surface area contributed by atoms with E-state index in [2.05, 4.69) is 15.9 Å². The molecule has 1 aliphatic rings. The van der Waals surface area contributed by atoms with E-state index in [1.165, 1.54) is 4.90 Å². The number of alkyl halides is 1. The maximum absolute atomic E-state index is 12.1. The van der Waals surface area contributed by atoms with Gasteiger partial charge in [0.15, 0.2) is 9.84 Å². The lowest BCUT2D eigenvalue weighted by Crippen LogP contribution is -2.49. The predicted molar refractivity (Wildman–Crippen MR) is 68.9 cm³/mol. The minimum Gasteiger partial charge on any atom is -0.395 e. The summed E-state index contributed by atoms with van der Waals surface area (Å²) in [5.74, 6) is -0.0640. The zero-order valence-corrected chi connectivity index (χ0v) is 12.4. The standard InChI is InChI=1S/C10H18BrNO4S/c1-10(2,11)9(14)12(4-5-13)8-3-6-17(15,16)7-8/h8,13H,3-7H2,1-2H3. The highest BCUT2D eigenvalue weighted by molar-refractivity contribution is 9.10. The minimum absolute atomic E-state index is 0.00181. The van der Waals surface area contributed by atoms with Crippen LogP contribution in [0.25, 0.3) is 0 Å². The molecular formula is C10H18BrNO4S. The first-order valence-electron chi connectivity index (χ1n) is 5.48. The zero-order valence-electron chi connectivity index (χ0n) is 10.0. The fraction of sp³-hybridized carbons (Fsp3) is 0.900. The van der Waals surface area contributed by atoms with Crippen LogP contribution in [0.4, 0.5) is 0 Å². The maximum atomic E-state index is 12.1. The number of nitrogens with zero attached hydrogens (tertiary/aromatic N) is 1. The average molecular weight is 328 g/mol. The molecule has 1 unspecified atom stereocenters. The fourth-order valence-corrected chi connectivity index (χ4v) is 3.88. The lowest BCUT2D eigenvalue weighted by atomic mass is 10.1. The number of amides is 1. The van der Waals surface area contributed by atoms with Gasteiger partial charge in [0.1, 0.15) is 0 Å². The van der Waals surface area contributed by atoms with Crippen LogP contribution in [0.5, 0.6) is 0 Å². The van der Waals surface area contributed by atoms with Crippen LogP contribution in [0.2, 0.25) is 0 Å². The van der Waals surface area contributed by atoms with Crippen molar-refractivity contribution in [3.8, 4) is 0 Å². The Morgan fingerprint density at radius 3 is 2.47 bits per heavy atom. The molecule has 100 valence electrons. The zero-order chi connectivity index (χ0) is 13.3. The second-order valence-corrected chi connectivity index (χ2v) is 8.96. The molecule has 0 aliphatic carbocycles. The number of carbonyl (C=O) groups excluding carboxylic acids is 1. The minimum atomic E-state index is -3.03. The number of carbonyl (C=O) groups is 1. The van der Waals surface area contributed by atoms with Gasteiger partial charge in [-0.1, -0.05) is 15.9 Å². The fourth-order valence-electron chi connectivity index (χ4n) is 1.92. The molecule has 1 atom stereocenters. The molecule has 0 saturated carbocycles. The molecule has 0 bridgehead atoms. The third kappa shape index (κ3) is 3.93. The SMILES string of the molecule is CC(C)(Br)C(=O)N(CCO)C1CCS(=O)(=O)C1. The summed E-state index contributed by atoms with van der Waals surface area (Å²) < 4.78 is 22.1. The highest BCUT2D eigenvalue weighted by Crippen LogP contribution is 2.24. The first kappa shape index (κ1) is 14.9. The van der Waals surface area contributed by atoms with E-state index in [4.69, 9.17) is 5.11 Å². The molecule has 1 saturated heterocycles. The summed E-state index contributed by atoms with van der Waals surface area (Å²) in [4.78, 5) is 13.6. The second kappa shape index (κ2) is 5.24. The molecule has 0 radical (unpaired) electrons. The lowest BCUT2D eigenvalue weighted by Gasteiger charge is -2.32. The van der Waals surface area contributed by atoms with E-state index in [0.717, 1.165) is 0 Å². The highest BCUT2D eigenvalue weighted by Gasteiger charge is 2.38. The second-order valence-electron chi connectivity index (χ2n) is 4.75. The van der Waals surface area contributed by atoms with Crippen molar-refractivity contribution in [2.75, 3.05) is 24.7 Å².